The second-order valence-electron chi connectivity index (χ2n) is 9.84. The molecule has 3 heterocycles. The number of hydrogen-bond donors (Lipinski definition) is 3. The number of benzene rings is 2. The summed E-state index contributed by atoms with van der Waals surface area (Å²) in [5, 5.41) is 19.6. The molecule has 1 fully saturated rings. The van der Waals surface area contributed by atoms with E-state index in [1.165, 1.54) is 55.3 Å². The predicted molar refractivity (Wildman–Crippen MR) is 155 cm³/mol. The normalized spacial score (nSPS) is 21.0. The number of hydrogen-bond acceptors (Lipinski definition) is 11. The average Bonchev–Trinajstić information content (AvgIpc) is 3.57. The van der Waals surface area contributed by atoms with Crippen LogP contribution in [-0.4, -0.2) is 63.8 Å². The zero-order valence-corrected chi connectivity index (χ0v) is 24.4. The van der Waals surface area contributed by atoms with Crippen LogP contribution in [0.5, 0.6) is 11.5 Å². The van der Waals surface area contributed by atoms with Crippen LogP contribution in [0.1, 0.15) is 35.3 Å². The van der Waals surface area contributed by atoms with Crippen LogP contribution in [0, 0.1) is 6.92 Å². The lowest BCUT2D eigenvalue weighted by molar-refractivity contribution is -0.157. The lowest BCUT2D eigenvalue weighted by Gasteiger charge is -2.20. The molecule has 1 aromatic heterocycles. The summed E-state index contributed by atoms with van der Waals surface area (Å²) in [5.74, 6) is -2.58. The van der Waals surface area contributed by atoms with Crippen LogP contribution in [0.2, 0.25) is 0 Å². The minimum absolute atomic E-state index is 0.00212. The number of aromatic amines is 1. The summed E-state index contributed by atoms with van der Waals surface area (Å²) >= 11 is 3.22. The molecule has 3 N–H and O–H groups in total. The third kappa shape index (κ3) is 6.39. The number of H-pyrrole nitrogens is 1. The number of aromatic nitrogens is 2. The largest absolute Gasteiger partial charge is 0.508 e. The first-order valence-corrected chi connectivity index (χ1v) is 13.8. The van der Waals surface area contributed by atoms with Crippen molar-refractivity contribution in [1.29, 1.82) is 0 Å². The molecule has 1 saturated heterocycles. The van der Waals surface area contributed by atoms with Crippen molar-refractivity contribution in [1.82, 2.24) is 9.55 Å². The molecular weight excluding hydrogens is 630 g/mol. The lowest BCUT2D eigenvalue weighted by atomic mass is 10.0. The SMILES string of the molecule is COC(=Cc1ccc(O)cc1)C(=O)OCC1OC(n2cc(C)c(=O)[nH]c2=O)CC1OC(=O)C1C=Nc2cc(Br)c(O)cc21. The highest BCUT2D eigenvalue weighted by Crippen LogP contribution is 2.40. The third-order valence-corrected chi connectivity index (χ3v) is 7.58. The zero-order valence-electron chi connectivity index (χ0n) is 22.9. The van der Waals surface area contributed by atoms with E-state index in [1.54, 1.807) is 18.2 Å². The van der Waals surface area contributed by atoms with E-state index in [9.17, 15) is 29.4 Å². The van der Waals surface area contributed by atoms with Crippen molar-refractivity contribution < 1.29 is 38.7 Å². The number of fused-ring (bicyclic) bond motifs is 1. The van der Waals surface area contributed by atoms with E-state index in [-0.39, 0.29) is 35.8 Å². The Hall–Kier alpha value is -4.69. The molecule has 0 amide bonds. The van der Waals surface area contributed by atoms with Gasteiger partial charge in [-0.1, -0.05) is 12.1 Å². The quantitative estimate of drug-likeness (QED) is 0.186. The Morgan fingerprint density at radius 1 is 1.21 bits per heavy atom. The number of phenols is 2. The van der Waals surface area contributed by atoms with E-state index >= 15 is 0 Å². The number of aryl methyl sites for hydroxylation is 1. The number of ether oxygens (including phenoxy) is 4. The smallest absolute Gasteiger partial charge is 0.373 e. The molecular formula is C29H26BrN3O10. The molecule has 5 rings (SSSR count). The van der Waals surface area contributed by atoms with E-state index in [2.05, 4.69) is 25.9 Å². The number of nitrogens with zero attached hydrogens (tertiary/aromatic N) is 2. The molecule has 0 aliphatic carbocycles. The summed E-state index contributed by atoms with van der Waals surface area (Å²) in [6, 6.07) is 9.05. The van der Waals surface area contributed by atoms with Gasteiger partial charge >= 0.3 is 17.6 Å². The molecule has 14 heteroatoms. The topological polar surface area (TPSA) is 179 Å². The maximum Gasteiger partial charge on any atom is 0.373 e. The summed E-state index contributed by atoms with van der Waals surface area (Å²) in [5.41, 5.74) is 0.496. The molecule has 4 atom stereocenters. The van der Waals surface area contributed by atoms with Crippen LogP contribution in [0.4, 0.5) is 5.69 Å². The van der Waals surface area contributed by atoms with Gasteiger partial charge in [-0.05, 0) is 58.8 Å². The Morgan fingerprint density at radius 2 is 1.95 bits per heavy atom. The number of carbonyl (C=O) groups excluding carboxylic acids is 2. The molecule has 3 aromatic rings. The first-order chi connectivity index (χ1) is 20.5. The highest BCUT2D eigenvalue weighted by molar-refractivity contribution is 9.10. The monoisotopic (exact) mass is 655 g/mol. The van der Waals surface area contributed by atoms with Crippen LogP contribution >= 0.6 is 15.9 Å². The van der Waals surface area contributed by atoms with Crippen molar-refractivity contribution in [3.05, 3.63) is 90.4 Å². The van der Waals surface area contributed by atoms with Gasteiger partial charge in [0.05, 0.1) is 17.3 Å². The Labute approximate surface area is 252 Å². The summed E-state index contributed by atoms with van der Waals surface area (Å²) < 4.78 is 24.0. The minimum atomic E-state index is -1.00. The van der Waals surface area contributed by atoms with E-state index < -0.39 is 47.5 Å². The summed E-state index contributed by atoms with van der Waals surface area (Å²) in [7, 11) is 1.29. The minimum Gasteiger partial charge on any atom is -0.508 e. The molecule has 0 bridgehead atoms. The maximum atomic E-state index is 13.3. The Balaban J connectivity index is 1.36. The van der Waals surface area contributed by atoms with Gasteiger partial charge in [0.2, 0.25) is 5.76 Å². The van der Waals surface area contributed by atoms with Gasteiger partial charge in [0.15, 0.2) is 0 Å². The second kappa shape index (κ2) is 12.3. The van der Waals surface area contributed by atoms with Gasteiger partial charge in [0.1, 0.15) is 42.5 Å². The predicted octanol–water partition coefficient (Wildman–Crippen LogP) is 2.95. The zero-order chi connectivity index (χ0) is 30.8. The molecule has 2 aromatic carbocycles. The number of carbonyl (C=O) groups is 2. The highest BCUT2D eigenvalue weighted by atomic mass is 79.9. The van der Waals surface area contributed by atoms with Crippen LogP contribution in [-0.2, 0) is 28.5 Å². The number of halogens is 1. The molecule has 2 aliphatic rings. The Kier molecular flexibility index (Phi) is 8.50. The standard InChI is InChI=1S/C29H26BrN3O10/c1-14-12-33(29(39)32-26(14)36)25-10-22(43-27(37)18-11-31-20-9-19(30)21(35)8-17(18)20)24(42-25)13-41-28(38)23(40-2)7-15-3-5-16(34)6-4-15/h3-9,11-12,18,22,24-25,34-35H,10,13H2,1-2H3,(H,32,36,39). The highest BCUT2D eigenvalue weighted by Gasteiger charge is 2.42. The number of methoxy groups -OCH3 is 1. The first kappa shape index (κ1) is 29.8. The van der Waals surface area contributed by atoms with Crippen LogP contribution in [0.3, 0.4) is 0 Å². The second-order valence-corrected chi connectivity index (χ2v) is 10.7. The van der Waals surface area contributed by atoms with Gasteiger partial charge < -0.3 is 29.2 Å². The van der Waals surface area contributed by atoms with Gasteiger partial charge in [0.25, 0.3) is 5.56 Å². The van der Waals surface area contributed by atoms with E-state index in [0.717, 1.165) is 0 Å². The molecule has 13 nitrogen and oxygen atoms in total. The third-order valence-electron chi connectivity index (χ3n) is 6.94. The number of phenolic OH excluding ortho intramolecular Hbond substituents is 2. The van der Waals surface area contributed by atoms with Crippen molar-refractivity contribution in [2.45, 2.75) is 37.7 Å². The number of esters is 2. The molecule has 0 saturated carbocycles. The van der Waals surface area contributed by atoms with Crippen molar-refractivity contribution in [2.75, 3.05) is 13.7 Å². The van der Waals surface area contributed by atoms with Crippen LogP contribution in [0.25, 0.3) is 6.08 Å². The van der Waals surface area contributed by atoms with Crippen molar-refractivity contribution >= 4 is 45.8 Å². The molecule has 43 heavy (non-hydrogen) atoms. The number of rotatable bonds is 8. The molecule has 4 unspecified atom stereocenters. The van der Waals surface area contributed by atoms with Gasteiger partial charge in [-0.15, -0.1) is 0 Å². The summed E-state index contributed by atoms with van der Waals surface area (Å²) in [4.78, 5) is 57.1. The summed E-state index contributed by atoms with van der Waals surface area (Å²) in [6.07, 6.45) is 1.23. The summed E-state index contributed by atoms with van der Waals surface area (Å²) in [6.45, 7) is 1.15. The van der Waals surface area contributed by atoms with Gasteiger partial charge in [0, 0.05) is 30.0 Å². The van der Waals surface area contributed by atoms with E-state index in [0.29, 0.717) is 21.3 Å². The van der Waals surface area contributed by atoms with Gasteiger partial charge in [-0.3, -0.25) is 24.1 Å². The molecule has 224 valence electrons. The van der Waals surface area contributed by atoms with E-state index in [1.807, 2.05) is 0 Å². The average molecular weight is 656 g/mol. The fraction of sp³-hybridized carbons (Fsp3) is 0.276. The van der Waals surface area contributed by atoms with Crippen molar-refractivity contribution in [2.24, 2.45) is 4.99 Å². The number of aromatic hydroxyl groups is 2. The first-order valence-electron chi connectivity index (χ1n) is 13.0. The fourth-order valence-corrected chi connectivity index (χ4v) is 5.00. The van der Waals surface area contributed by atoms with Crippen LogP contribution < -0.4 is 11.2 Å². The Bertz CT molecular complexity index is 1740. The molecule has 2 aliphatic heterocycles. The van der Waals surface area contributed by atoms with Crippen molar-refractivity contribution in [3.63, 3.8) is 0 Å². The fourth-order valence-electron chi connectivity index (χ4n) is 4.67. The lowest BCUT2D eigenvalue weighted by Crippen LogP contribution is -2.34. The van der Waals surface area contributed by atoms with Crippen LogP contribution in [0.15, 0.2) is 67.4 Å². The molecule has 0 radical (unpaired) electrons. The van der Waals surface area contributed by atoms with Crippen molar-refractivity contribution in [3.8, 4) is 11.5 Å². The molecule has 0 spiro atoms. The van der Waals surface area contributed by atoms with E-state index in [4.69, 9.17) is 18.9 Å². The maximum absolute atomic E-state index is 13.3. The van der Waals surface area contributed by atoms with Gasteiger partial charge in [-0.25, -0.2) is 9.59 Å². The number of nitrogens with one attached hydrogen (secondary N) is 1. The Morgan fingerprint density at radius 3 is 2.67 bits per heavy atom. The number of aliphatic imine (C=N–C) groups is 1. The van der Waals surface area contributed by atoms with Gasteiger partial charge in [-0.2, -0.15) is 0 Å².